The molecule has 13 nitrogen and oxygen atoms in total. The van der Waals surface area contributed by atoms with E-state index in [9.17, 15) is 39.3 Å². The lowest BCUT2D eigenvalue weighted by Gasteiger charge is -2.24. The number of hydrogen-bond acceptors (Lipinski definition) is 9. The summed E-state index contributed by atoms with van der Waals surface area (Å²) in [6.07, 6.45) is 1.30. The van der Waals surface area contributed by atoms with Gasteiger partial charge in [0, 0.05) is 0 Å². The second kappa shape index (κ2) is 14.8. The number of nitrogens with two attached hydrogens (primary N) is 2. The van der Waals surface area contributed by atoms with Gasteiger partial charge in [-0.2, -0.15) is 11.8 Å². The molecule has 0 spiro atoms. The van der Waals surface area contributed by atoms with E-state index in [1.807, 2.05) is 0 Å². The normalized spacial score (nSPS) is 14.1. The van der Waals surface area contributed by atoms with Crippen molar-refractivity contribution in [2.75, 3.05) is 18.6 Å². The average Bonchev–Trinajstić information content (AvgIpc) is 2.80. The number of hydrogen-bond donors (Lipinski definition) is 8. The molecule has 0 aliphatic heterocycles. The van der Waals surface area contributed by atoms with Crippen LogP contribution in [0.15, 0.2) is 24.3 Å². The van der Waals surface area contributed by atoms with E-state index in [2.05, 4.69) is 16.0 Å². The Morgan fingerprint density at radius 2 is 1.49 bits per heavy atom. The Bertz CT molecular complexity index is 898. The first-order chi connectivity index (χ1) is 16.5. The van der Waals surface area contributed by atoms with Gasteiger partial charge in [-0.3, -0.25) is 19.2 Å². The first kappa shape index (κ1) is 29.7. The first-order valence-corrected chi connectivity index (χ1v) is 11.9. The lowest BCUT2D eigenvalue weighted by atomic mass is 10.1. The van der Waals surface area contributed by atoms with Crippen LogP contribution in [0.3, 0.4) is 0 Å². The third-order valence-corrected chi connectivity index (χ3v) is 5.45. The summed E-state index contributed by atoms with van der Waals surface area (Å²) in [5.41, 5.74) is 11.6. The molecule has 194 valence electrons. The summed E-state index contributed by atoms with van der Waals surface area (Å²) in [6.45, 7) is -0.847. The van der Waals surface area contributed by atoms with Crippen molar-refractivity contribution in [3.63, 3.8) is 0 Å². The van der Waals surface area contributed by atoms with E-state index in [0.717, 1.165) is 0 Å². The van der Waals surface area contributed by atoms with E-state index < -0.39 is 66.8 Å². The number of aliphatic hydroxyl groups excluding tert-OH is 1. The maximum absolute atomic E-state index is 12.6. The van der Waals surface area contributed by atoms with Crippen LogP contribution in [-0.2, 0) is 30.4 Å². The van der Waals surface area contributed by atoms with E-state index in [1.165, 1.54) is 23.9 Å². The smallest absolute Gasteiger partial charge is 0.326 e. The Morgan fingerprint density at radius 3 is 2.00 bits per heavy atom. The van der Waals surface area contributed by atoms with Crippen LogP contribution in [0.5, 0.6) is 5.75 Å². The van der Waals surface area contributed by atoms with Crippen LogP contribution >= 0.6 is 11.8 Å². The molecule has 10 N–H and O–H groups in total. The SMILES string of the molecule is CSCCC(NC(=O)C(CC(N)=O)NC(=O)C(CO)NC(=O)C(N)Cc1ccc(O)cc1)C(=O)O. The highest BCUT2D eigenvalue weighted by atomic mass is 32.2. The lowest BCUT2D eigenvalue weighted by molar-refractivity contribution is -0.142. The van der Waals surface area contributed by atoms with Crippen molar-refractivity contribution in [1.82, 2.24) is 16.0 Å². The molecule has 14 heteroatoms. The molecular weight excluding hydrogens is 482 g/mol. The molecule has 1 aromatic carbocycles. The number of aliphatic hydroxyl groups is 1. The topological polar surface area (TPSA) is 234 Å². The van der Waals surface area contributed by atoms with Gasteiger partial charge in [0.2, 0.25) is 23.6 Å². The Hall–Kier alpha value is -3.36. The number of carboxylic acids is 1. The van der Waals surface area contributed by atoms with Crippen LogP contribution in [-0.4, -0.2) is 87.7 Å². The molecule has 1 aromatic rings. The molecule has 0 saturated carbocycles. The largest absolute Gasteiger partial charge is 0.508 e. The number of phenols is 1. The number of rotatable bonds is 15. The molecular formula is C21H31N5O8S. The summed E-state index contributed by atoms with van der Waals surface area (Å²) in [4.78, 5) is 60.4. The van der Waals surface area contributed by atoms with Gasteiger partial charge in [0.05, 0.1) is 19.1 Å². The maximum atomic E-state index is 12.6. The summed E-state index contributed by atoms with van der Waals surface area (Å²) < 4.78 is 0. The Morgan fingerprint density at radius 1 is 0.943 bits per heavy atom. The van der Waals surface area contributed by atoms with Gasteiger partial charge in [0.15, 0.2) is 0 Å². The lowest BCUT2D eigenvalue weighted by Crippen LogP contribution is -2.58. The fourth-order valence-electron chi connectivity index (χ4n) is 2.90. The Kier molecular flexibility index (Phi) is 12.6. The van der Waals surface area contributed by atoms with Gasteiger partial charge < -0.3 is 42.7 Å². The van der Waals surface area contributed by atoms with Crippen molar-refractivity contribution >= 4 is 41.4 Å². The molecule has 0 aromatic heterocycles. The predicted octanol–water partition coefficient (Wildman–Crippen LogP) is -2.58. The zero-order valence-corrected chi connectivity index (χ0v) is 19.9. The number of aliphatic carboxylic acids is 1. The highest BCUT2D eigenvalue weighted by Crippen LogP contribution is 2.11. The monoisotopic (exact) mass is 513 g/mol. The highest BCUT2D eigenvalue weighted by Gasteiger charge is 2.31. The standard InChI is InChI=1S/C21H31N5O8S/c1-35-7-6-14(21(33)34)24-19(31)15(9-17(23)29)25-20(32)16(10-27)26-18(30)13(22)8-11-2-4-12(28)5-3-11/h2-5,13-16,27-28H,6-10,22H2,1H3,(H2,23,29)(H,24,31)(H,25,32)(H,26,30)(H,33,34). The Labute approximate surface area is 206 Å². The number of aromatic hydroxyl groups is 1. The third-order valence-electron chi connectivity index (χ3n) is 4.81. The maximum Gasteiger partial charge on any atom is 0.326 e. The Balaban J connectivity index is 2.82. The number of thioether (sulfide) groups is 1. The molecule has 4 amide bonds. The molecule has 0 radical (unpaired) electrons. The van der Waals surface area contributed by atoms with Crippen LogP contribution in [0.1, 0.15) is 18.4 Å². The van der Waals surface area contributed by atoms with Gasteiger partial charge >= 0.3 is 5.97 Å². The van der Waals surface area contributed by atoms with Crippen LogP contribution in [0.2, 0.25) is 0 Å². The average molecular weight is 514 g/mol. The zero-order valence-electron chi connectivity index (χ0n) is 19.1. The van der Waals surface area contributed by atoms with Crippen molar-refractivity contribution in [3.8, 4) is 5.75 Å². The van der Waals surface area contributed by atoms with Gasteiger partial charge in [-0.1, -0.05) is 12.1 Å². The molecule has 4 unspecified atom stereocenters. The van der Waals surface area contributed by atoms with Crippen molar-refractivity contribution in [2.24, 2.45) is 11.5 Å². The first-order valence-electron chi connectivity index (χ1n) is 10.5. The molecule has 4 atom stereocenters. The minimum atomic E-state index is -1.53. The van der Waals surface area contributed by atoms with E-state index in [-0.39, 0.29) is 18.6 Å². The zero-order chi connectivity index (χ0) is 26.5. The molecule has 0 heterocycles. The molecule has 0 aliphatic rings. The van der Waals surface area contributed by atoms with Crippen molar-refractivity contribution in [1.29, 1.82) is 0 Å². The number of phenolic OH excluding ortho intramolecular Hbond substituents is 1. The van der Waals surface area contributed by atoms with Crippen LogP contribution in [0.25, 0.3) is 0 Å². The number of carboxylic acid groups (broad SMARTS) is 1. The number of carbonyl (C=O) groups is 5. The minimum Gasteiger partial charge on any atom is -0.508 e. The molecule has 0 bridgehead atoms. The number of carbonyl (C=O) groups excluding carboxylic acids is 4. The molecule has 0 saturated heterocycles. The number of benzene rings is 1. The van der Waals surface area contributed by atoms with Crippen molar-refractivity contribution in [3.05, 3.63) is 29.8 Å². The summed E-state index contributed by atoms with van der Waals surface area (Å²) in [5, 5.41) is 34.9. The fraction of sp³-hybridized carbons (Fsp3) is 0.476. The summed E-state index contributed by atoms with van der Waals surface area (Å²) in [5.74, 6) is -4.49. The number of nitrogens with one attached hydrogen (secondary N) is 3. The van der Waals surface area contributed by atoms with E-state index >= 15 is 0 Å². The predicted molar refractivity (Wildman–Crippen MR) is 127 cm³/mol. The number of amides is 4. The van der Waals surface area contributed by atoms with E-state index in [4.69, 9.17) is 11.5 Å². The third kappa shape index (κ3) is 10.6. The van der Waals surface area contributed by atoms with Crippen LogP contribution in [0.4, 0.5) is 0 Å². The molecule has 35 heavy (non-hydrogen) atoms. The van der Waals surface area contributed by atoms with E-state index in [0.29, 0.717) is 11.3 Å². The summed E-state index contributed by atoms with van der Waals surface area (Å²) in [7, 11) is 0. The van der Waals surface area contributed by atoms with Gasteiger partial charge in [0.1, 0.15) is 23.9 Å². The van der Waals surface area contributed by atoms with E-state index in [1.54, 1.807) is 18.4 Å². The molecule has 0 fully saturated rings. The van der Waals surface area contributed by atoms with Gasteiger partial charge in [-0.25, -0.2) is 4.79 Å². The summed E-state index contributed by atoms with van der Waals surface area (Å²) in [6, 6.07) is 0.571. The number of primary amides is 1. The minimum absolute atomic E-state index is 0.0391. The van der Waals surface area contributed by atoms with Gasteiger partial charge in [0.25, 0.3) is 0 Å². The van der Waals surface area contributed by atoms with Gasteiger partial charge in [-0.05, 0) is 42.5 Å². The van der Waals surface area contributed by atoms with Crippen molar-refractivity contribution < 1.29 is 39.3 Å². The van der Waals surface area contributed by atoms with Crippen molar-refractivity contribution in [2.45, 2.75) is 43.4 Å². The molecule has 1 rings (SSSR count). The van der Waals surface area contributed by atoms with Gasteiger partial charge in [-0.15, -0.1) is 0 Å². The molecule has 0 aliphatic carbocycles. The fourth-order valence-corrected chi connectivity index (χ4v) is 3.37. The second-order valence-corrected chi connectivity index (χ2v) is 8.62. The second-order valence-electron chi connectivity index (χ2n) is 7.63. The quantitative estimate of drug-likeness (QED) is 0.122. The summed E-state index contributed by atoms with van der Waals surface area (Å²) >= 11 is 1.37. The highest BCUT2D eigenvalue weighted by molar-refractivity contribution is 7.98. The van der Waals surface area contributed by atoms with Crippen LogP contribution in [0, 0.1) is 0 Å². The van der Waals surface area contributed by atoms with Crippen LogP contribution < -0.4 is 27.4 Å².